The fraction of sp³-hybridized carbons (Fsp3) is 1.00. The topological polar surface area (TPSA) is 32.7 Å². The van der Waals surface area contributed by atoms with Gasteiger partial charge in [0.15, 0.2) is 0 Å². The van der Waals surface area contributed by atoms with Gasteiger partial charge in [0.1, 0.15) is 0 Å². The van der Waals surface area contributed by atoms with Crippen LogP contribution in [0.3, 0.4) is 0 Å². The minimum atomic E-state index is -0.395. The first-order valence-electron chi connectivity index (χ1n) is 7.13. The van der Waals surface area contributed by atoms with E-state index in [0.717, 1.165) is 58.4 Å². The van der Waals surface area contributed by atoms with E-state index in [4.69, 9.17) is 4.74 Å². The van der Waals surface area contributed by atoms with Crippen LogP contribution in [0.1, 0.15) is 46.0 Å². The van der Waals surface area contributed by atoms with E-state index in [0.29, 0.717) is 12.0 Å². The van der Waals surface area contributed by atoms with Crippen LogP contribution in [0.25, 0.3) is 0 Å². The van der Waals surface area contributed by atoms with Gasteiger partial charge in [-0.3, -0.25) is 0 Å². The first-order chi connectivity index (χ1) is 8.09. The van der Waals surface area contributed by atoms with Crippen molar-refractivity contribution in [3.05, 3.63) is 0 Å². The fourth-order valence-corrected chi connectivity index (χ4v) is 3.15. The molecule has 2 aliphatic heterocycles. The van der Waals surface area contributed by atoms with Crippen molar-refractivity contribution in [3.63, 3.8) is 0 Å². The zero-order chi connectivity index (χ0) is 12.3. The Morgan fingerprint density at radius 2 is 1.82 bits per heavy atom. The van der Waals surface area contributed by atoms with Crippen LogP contribution in [0.2, 0.25) is 0 Å². The summed E-state index contributed by atoms with van der Waals surface area (Å²) >= 11 is 0. The average Bonchev–Trinajstić information content (AvgIpc) is 2.30. The first-order valence-corrected chi connectivity index (χ1v) is 7.13. The number of hydrogen-bond acceptors (Lipinski definition) is 3. The van der Waals surface area contributed by atoms with Crippen LogP contribution in [-0.4, -0.2) is 48.0 Å². The molecule has 2 saturated heterocycles. The Labute approximate surface area is 105 Å². The molecule has 0 aromatic heterocycles. The third-order valence-electron chi connectivity index (χ3n) is 4.47. The Balaban J connectivity index is 1.80. The summed E-state index contributed by atoms with van der Waals surface area (Å²) in [4.78, 5) is 2.47. The van der Waals surface area contributed by atoms with Crippen molar-refractivity contribution in [2.45, 2.75) is 57.6 Å². The molecule has 0 bridgehead atoms. The van der Waals surface area contributed by atoms with Gasteiger partial charge in [-0.2, -0.15) is 0 Å². The second-order valence-corrected chi connectivity index (χ2v) is 6.11. The molecule has 2 heterocycles. The van der Waals surface area contributed by atoms with Gasteiger partial charge >= 0.3 is 0 Å². The smallest absolute Gasteiger partial charge is 0.0674 e. The molecule has 2 fully saturated rings. The van der Waals surface area contributed by atoms with E-state index >= 15 is 0 Å². The second kappa shape index (κ2) is 5.68. The molecule has 0 aromatic carbocycles. The number of likely N-dealkylation sites (tertiary alicyclic amines) is 1. The average molecular weight is 241 g/mol. The van der Waals surface area contributed by atoms with Crippen LogP contribution in [0.15, 0.2) is 0 Å². The standard InChI is InChI=1S/C14H27NO2/c1-12(2)15-7-5-14(16,6-8-15)11-13-3-9-17-10-4-13/h12-13,16H,3-11H2,1-2H3. The highest BCUT2D eigenvalue weighted by atomic mass is 16.5. The lowest BCUT2D eigenvalue weighted by atomic mass is 9.80. The molecule has 2 rings (SSSR count). The van der Waals surface area contributed by atoms with Crippen LogP contribution >= 0.6 is 0 Å². The van der Waals surface area contributed by atoms with Gasteiger partial charge < -0.3 is 14.7 Å². The minimum absolute atomic E-state index is 0.395. The lowest BCUT2D eigenvalue weighted by Gasteiger charge is -2.42. The lowest BCUT2D eigenvalue weighted by Crippen LogP contribution is -2.47. The van der Waals surface area contributed by atoms with Crippen LogP contribution in [0, 0.1) is 5.92 Å². The first kappa shape index (κ1) is 13.3. The summed E-state index contributed by atoms with van der Waals surface area (Å²) in [6, 6.07) is 0.614. The third-order valence-corrected chi connectivity index (χ3v) is 4.47. The summed E-state index contributed by atoms with van der Waals surface area (Å²) in [6.45, 7) is 8.36. The molecule has 0 aliphatic carbocycles. The molecule has 2 aliphatic rings. The molecule has 3 nitrogen and oxygen atoms in total. The Hall–Kier alpha value is -0.120. The Bertz CT molecular complexity index is 228. The number of piperidine rings is 1. The number of nitrogens with zero attached hydrogens (tertiary/aromatic N) is 1. The maximum absolute atomic E-state index is 10.7. The summed E-state index contributed by atoms with van der Waals surface area (Å²) in [6.07, 6.45) is 5.15. The molecule has 0 amide bonds. The number of hydrogen-bond donors (Lipinski definition) is 1. The highest BCUT2D eigenvalue weighted by molar-refractivity contribution is 4.89. The molecule has 100 valence electrons. The van der Waals surface area contributed by atoms with Gasteiger partial charge in [0, 0.05) is 32.3 Å². The molecule has 0 aromatic rings. The van der Waals surface area contributed by atoms with E-state index in [1.54, 1.807) is 0 Å². The van der Waals surface area contributed by atoms with Crippen molar-refractivity contribution < 1.29 is 9.84 Å². The van der Waals surface area contributed by atoms with E-state index < -0.39 is 5.60 Å². The summed E-state index contributed by atoms with van der Waals surface area (Å²) in [5, 5.41) is 10.7. The summed E-state index contributed by atoms with van der Waals surface area (Å²) in [7, 11) is 0. The van der Waals surface area contributed by atoms with Gasteiger partial charge in [-0.05, 0) is 51.9 Å². The van der Waals surface area contributed by atoms with Crippen molar-refractivity contribution in [1.29, 1.82) is 0 Å². The summed E-state index contributed by atoms with van der Waals surface area (Å²) < 4.78 is 5.38. The van der Waals surface area contributed by atoms with E-state index in [-0.39, 0.29) is 0 Å². The minimum Gasteiger partial charge on any atom is -0.390 e. The van der Waals surface area contributed by atoms with Gasteiger partial charge in [-0.15, -0.1) is 0 Å². The second-order valence-electron chi connectivity index (χ2n) is 6.11. The highest BCUT2D eigenvalue weighted by Crippen LogP contribution is 2.33. The van der Waals surface area contributed by atoms with Gasteiger partial charge in [-0.1, -0.05) is 0 Å². The van der Waals surface area contributed by atoms with Crippen molar-refractivity contribution in [3.8, 4) is 0 Å². The highest BCUT2D eigenvalue weighted by Gasteiger charge is 2.35. The van der Waals surface area contributed by atoms with Crippen molar-refractivity contribution >= 4 is 0 Å². The van der Waals surface area contributed by atoms with E-state index in [1.165, 1.54) is 0 Å². The molecule has 17 heavy (non-hydrogen) atoms. The largest absolute Gasteiger partial charge is 0.390 e. The van der Waals surface area contributed by atoms with E-state index in [1.807, 2.05) is 0 Å². The van der Waals surface area contributed by atoms with Crippen molar-refractivity contribution in [2.75, 3.05) is 26.3 Å². The zero-order valence-electron chi connectivity index (χ0n) is 11.3. The maximum atomic E-state index is 10.7. The summed E-state index contributed by atoms with van der Waals surface area (Å²) in [5.74, 6) is 0.680. The Morgan fingerprint density at radius 3 is 2.35 bits per heavy atom. The van der Waals surface area contributed by atoms with Crippen LogP contribution in [0.4, 0.5) is 0 Å². The van der Waals surface area contributed by atoms with Crippen molar-refractivity contribution in [2.24, 2.45) is 5.92 Å². The molecule has 3 heteroatoms. The summed E-state index contributed by atoms with van der Waals surface area (Å²) in [5.41, 5.74) is -0.395. The van der Waals surface area contributed by atoms with E-state index in [2.05, 4.69) is 18.7 Å². The quantitative estimate of drug-likeness (QED) is 0.821. The van der Waals surface area contributed by atoms with Crippen LogP contribution in [0.5, 0.6) is 0 Å². The van der Waals surface area contributed by atoms with Gasteiger partial charge in [0.05, 0.1) is 5.60 Å². The molecule has 0 spiro atoms. The van der Waals surface area contributed by atoms with E-state index in [9.17, 15) is 5.11 Å². The van der Waals surface area contributed by atoms with Crippen LogP contribution < -0.4 is 0 Å². The molecular formula is C14H27NO2. The lowest BCUT2D eigenvalue weighted by molar-refractivity contribution is -0.0565. The Kier molecular flexibility index (Phi) is 4.45. The molecule has 0 radical (unpaired) electrons. The molecule has 0 saturated carbocycles. The molecule has 0 atom stereocenters. The van der Waals surface area contributed by atoms with Gasteiger partial charge in [-0.25, -0.2) is 0 Å². The predicted octanol–water partition coefficient (Wildman–Crippen LogP) is 2.04. The number of aliphatic hydroxyl groups is 1. The fourth-order valence-electron chi connectivity index (χ4n) is 3.15. The number of rotatable bonds is 3. The van der Waals surface area contributed by atoms with Gasteiger partial charge in [0.2, 0.25) is 0 Å². The Morgan fingerprint density at radius 1 is 1.24 bits per heavy atom. The predicted molar refractivity (Wildman–Crippen MR) is 69.1 cm³/mol. The molecule has 0 unspecified atom stereocenters. The molecular weight excluding hydrogens is 214 g/mol. The monoisotopic (exact) mass is 241 g/mol. The number of ether oxygens (including phenoxy) is 1. The zero-order valence-corrected chi connectivity index (χ0v) is 11.3. The normalized spacial score (nSPS) is 27.5. The van der Waals surface area contributed by atoms with Crippen molar-refractivity contribution in [1.82, 2.24) is 4.90 Å². The molecule has 1 N–H and O–H groups in total. The SMILES string of the molecule is CC(C)N1CCC(O)(CC2CCOCC2)CC1. The third kappa shape index (κ3) is 3.67. The maximum Gasteiger partial charge on any atom is 0.0674 e. The van der Waals surface area contributed by atoms with Crippen LogP contribution in [-0.2, 0) is 4.74 Å². The van der Waals surface area contributed by atoms with Gasteiger partial charge in [0.25, 0.3) is 0 Å².